The number of anilines is 1. The van der Waals surface area contributed by atoms with E-state index in [-0.39, 0.29) is 18.0 Å². The minimum absolute atomic E-state index is 0.0421. The number of hydrogen-bond acceptors (Lipinski definition) is 3. The Balaban J connectivity index is 1.58. The molecule has 1 fully saturated rings. The van der Waals surface area contributed by atoms with Crippen LogP contribution in [0.3, 0.4) is 0 Å². The van der Waals surface area contributed by atoms with Crippen molar-refractivity contribution in [3.05, 3.63) is 51.2 Å². The van der Waals surface area contributed by atoms with Gasteiger partial charge in [-0.05, 0) is 69.5 Å². The fourth-order valence-corrected chi connectivity index (χ4v) is 3.75. The van der Waals surface area contributed by atoms with Gasteiger partial charge in [0, 0.05) is 27.0 Å². The molecule has 3 amide bonds. The summed E-state index contributed by atoms with van der Waals surface area (Å²) in [4.78, 5) is 26.6. The van der Waals surface area contributed by atoms with Gasteiger partial charge < -0.3 is 16.0 Å². The van der Waals surface area contributed by atoms with E-state index in [0.717, 1.165) is 18.4 Å². The molecule has 0 aliphatic heterocycles. The molecular formula is C19H23N3O2S. The van der Waals surface area contributed by atoms with E-state index in [9.17, 15) is 9.59 Å². The lowest BCUT2D eigenvalue weighted by molar-refractivity contribution is 0.0940. The number of nitrogens with one attached hydrogen (secondary N) is 3. The zero-order valence-corrected chi connectivity index (χ0v) is 15.5. The Hall–Kier alpha value is -2.34. The van der Waals surface area contributed by atoms with Crippen molar-refractivity contribution in [1.29, 1.82) is 0 Å². The van der Waals surface area contributed by atoms with Crippen LogP contribution in [0.1, 0.15) is 51.5 Å². The molecule has 0 saturated heterocycles. The maximum atomic E-state index is 12.4. The van der Waals surface area contributed by atoms with Gasteiger partial charge in [-0.3, -0.25) is 4.79 Å². The van der Waals surface area contributed by atoms with Crippen LogP contribution in [0, 0.1) is 13.8 Å². The first-order valence-corrected chi connectivity index (χ1v) is 9.29. The van der Waals surface area contributed by atoms with Gasteiger partial charge in [0.1, 0.15) is 0 Å². The molecular weight excluding hydrogens is 334 g/mol. The van der Waals surface area contributed by atoms with Crippen LogP contribution in [0.25, 0.3) is 0 Å². The number of thiophene rings is 1. The van der Waals surface area contributed by atoms with Crippen LogP contribution in [0.5, 0.6) is 0 Å². The van der Waals surface area contributed by atoms with Crippen LogP contribution >= 0.6 is 11.3 Å². The standard InChI is InChI=1S/C19H23N3O2S/c1-11-10-17(13(3)25-11)12(2)20-18(23)14-4-6-15(7-5-14)21-19(24)22-16-8-9-16/h4-7,10,12,16H,8-9H2,1-3H3,(H,20,23)(H2,21,22,24). The Morgan fingerprint density at radius 3 is 2.40 bits per heavy atom. The molecule has 5 nitrogen and oxygen atoms in total. The second kappa shape index (κ2) is 7.27. The third kappa shape index (κ3) is 4.60. The van der Waals surface area contributed by atoms with E-state index in [1.807, 2.05) is 6.92 Å². The summed E-state index contributed by atoms with van der Waals surface area (Å²) in [6.45, 7) is 6.13. The molecule has 1 unspecified atom stereocenters. The van der Waals surface area contributed by atoms with E-state index in [4.69, 9.17) is 0 Å². The second-order valence-electron chi connectivity index (χ2n) is 6.51. The van der Waals surface area contributed by atoms with Gasteiger partial charge in [-0.2, -0.15) is 0 Å². The third-order valence-electron chi connectivity index (χ3n) is 4.21. The summed E-state index contributed by atoms with van der Waals surface area (Å²) >= 11 is 1.74. The number of rotatable bonds is 5. The molecule has 25 heavy (non-hydrogen) atoms. The van der Waals surface area contributed by atoms with Crippen molar-refractivity contribution < 1.29 is 9.59 Å². The Labute approximate surface area is 151 Å². The molecule has 1 aromatic carbocycles. The van der Waals surface area contributed by atoms with Crippen molar-refractivity contribution in [2.24, 2.45) is 0 Å². The normalized spacial score (nSPS) is 14.7. The Bertz CT molecular complexity index is 778. The van der Waals surface area contributed by atoms with Crippen molar-refractivity contribution in [3.63, 3.8) is 0 Å². The Morgan fingerprint density at radius 1 is 1.16 bits per heavy atom. The maximum absolute atomic E-state index is 12.4. The van der Waals surface area contributed by atoms with Crippen molar-refractivity contribution in [3.8, 4) is 0 Å². The summed E-state index contributed by atoms with van der Waals surface area (Å²) < 4.78 is 0. The number of carbonyl (C=O) groups excluding carboxylic acids is 2. The highest BCUT2D eigenvalue weighted by molar-refractivity contribution is 7.12. The fraction of sp³-hybridized carbons (Fsp3) is 0.368. The first-order chi connectivity index (χ1) is 11.9. The lowest BCUT2D eigenvalue weighted by Gasteiger charge is -2.14. The summed E-state index contributed by atoms with van der Waals surface area (Å²) in [6.07, 6.45) is 2.10. The molecule has 0 radical (unpaired) electrons. The number of carbonyl (C=O) groups is 2. The molecule has 1 heterocycles. The summed E-state index contributed by atoms with van der Waals surface area (Å²) in [5.41, 5.74) is 2.41. The number of amides is 3. The average molecular weight is 357 g/mol. The zero-order valence-electron chi connectivity index (χ0n) is 14.7. The van der Waals surface area contributed by atoms with E-state index in [1.54, 1.807) is 35.6 Å². The third-order valence-corrected chi connectivity index (χ3v) is 5.19. The molecule has 1 atom stereocenters. The van der Waals surface area contributed by atoms with Crippen molar-refractivity contribution in [2.45, 2.75) is 45.7 Å². The van der Waals surface area contributed by atoms with Gasteiger partial charge >= 0.3 is 6.03 Å². The van der Waals surface area contributed by atoms with Gasteiger partial charge in [0.15, 0.2) is 0 Å². The molecule has 1 saturated carbocycles. The first-order valence-electron chi connectivity index (χ1n) is 8.48. The molecule has 132 valence electrons. The zero-order chi connectivity index (χ0) is 18.0. The van der Waals surface area contributed by atoms with Crippen molar-refractivity contribution >= 4 is 29.0 Å². The largest absolute Gasteiger partial charge is 0.345 e. The average Bonchev–Trinajstić information content (AvgIpc) is 3.29. The van der Waals surface area contributed by atoms with Crippen molar-refractivity contribution in [2.75, 3.05) is 5.32 Å². The lowest BCUT2D eigenvalue weighted by atomic mass is 10.1. The quantitative estimate of drug-likeness (QED) is 0.753. The van der Waals surface area contributed by atoms with E-state index in [1.165, 1.54) is 9.75 Å². The van der Waals surface area contributed by atoms with Gasteiger partial charge in [0.2, 0.25) is 0 Å². The van der Waals surface area contributed by atoms with Crippen LogP contribution in [0.2, 0.25) is 0 Å². The van der Waals surface area contributed by atoms with Crippen LogP contribution in [0.4, 0.5) is 10.5 Å². The van der Waals surface area contributed by atoms with Gasteiger partial charge in [0.25, 0.3) is 5.91 Å². The van der Waals surface area contributed by atoms with Gasteiger partial charge in [-0.25, -0.2) is 4.79 Å². The predicted octanol–water partition coefficient (Wildman–Crippen LogP) is 4.14. The molecule has 6 heteroatoms. The summed E-state index contributed by atoms with van der Waals surface area (Å²) in [5, 5.41) is 8.67. The summed E-state index contributed by atoms with van der Waals surface area (Å²) in [7, 11) is 0. The molecule has 3 rings (SSSR count). The minimum Gasteiger partial charge on any atom is -0.345 e. The van der Waals surface area contributed by atoms with E-state index in [2.05, 4.69) is 35.9 Å². The fourth-order valence-electron chi connectivity index (χ4n) is 2.72. The second-order valence-corrected chi connectivity index (χ2v) is 7.97. The van der Waals surface area contributed by atoms with Crippen LogP contribution in [-0.4, -0.2) is 18.0 Å². The van der Waals surface area contributed by atoms with Crippen molar-refractivity contribution in [1.82, 2.24) is 10.6 Å². The highest BCUT2D eigenvalue weighted by Crippen LogP contribution is 2.26. The monoisotopic (exact) mass is 357 g/mol. The number of hydrogen-bond donors (Lipinski definition) is 3. The van der Waals surface area contributed by atoms with E-state index >= 15 is 0 Å². The molecule has 0 spiro atoms. The van der Waals surface area contributed by atoms with Gasteiger partial charge in [-0.1, -0.05) is 0 Å². The highest BCUT2D eigenvalue weighted by Gasteiger charge is 2.23. The summed E-state index contributed by atoms with van der Waals surface area (Å²) in [6, 6.07) is 9.13. The summed E-state index contributed by atoms with van der Waals surface area (Å²) in [5.74, 6) is -0.121. The Kier molecular flexibility index (Phi) is 5.08. The minimum atomic E-state index is -0.198. The topological polar surface area (TPSA) is 70.2 Å². The molecule has 0 bridgehead atoms. The van der Waals surface area contributed by atoms with Crippen LogP contribution in [-0.2, 0) is 0 Å². The number of aryl methyl sites for hydroxylation is 2. The molecule has 2 aromatic rings. The highest BCUT2D eigenvalue weighted by atomic mass is 32.1. The van der Waals surface area contributed by atoms with Crippen LogP contribution in [0.15, 0.2) is 30.3 Å². The Morgan fingerprint density at radius 2 is 1.84 bits per heavy atom. The SMILES string of the molecule is Cc1cc(C(C)NC(=O)c2ccc(NC(=O)NC3CC3)cc2)c(C)s1. The smallest absolute Gasteiger partial charge is 0.319 e. The molecule has 1 aromatic heterocycles. The molecule has 3 N–H and O–H groups in total. The van der Waals surface area contributed by atoms with E-state index < -0.39 is 0 Å². The van der Waals surface area contributed by atoms with Crippen LogP contribution < -0.4 is 16.0 Å². The molecule has 1 aliphatic carbocycles. The van der Waals surface area contributed by atoms with Gasteiger partial charge in [0.05, 0.1) is 6.04 Å². The number of urea groups is 1. The first kappa shape index (κ1) is 17.5. The predicted molar refractivity (Wildman–Crippen MR) is 101 cm³/mol. The maximum Gasteiger partial charge on any atom is 0.319 e. The number of benzene rings is 1. The lowest BCUT2D eigenvalue weighted by Crippen LogP contribution is -2.30. The van der Waals surface area contributed by atoms with Gasteiger partial charge in [-0.15, -0.1) is 11.3 Å². The van der Waals surface area contributed by atoms with E-state index in [0.29, 0.717) is 17.3 Å². The molecule has 1 aliphatic rings.